The second kappa shape index (κ2) is 7.50. The third kappa shape index (κ3) is 3.60. The molecule has 1 aromatic heterocycles. The van der Waals surface area contributed by atoms with Gasteiger partial charge in [-0.3, -0.25) is 4.79 Å². The second-order valence-electron chi connectivity index (χ2n) is 6.65. The summed E-state index contributed by atoms with van der Waals surface area (Å²) in [6.07, 6.45) is 1.69. The van der Waals surface area contributed by atoms with Crippen LogP contribution in [0.2, 0.25) is 0 Å². The monoisotopic (exact) mass is 412 g/mol. The minimum absolute atomic E-state index is 0.0677. The van der Waals surface area contributed by atoms with Gasteiger partial charge in [0.25, 0.3) is 0 Å². The number of piperidine rings is 1. The van der Waals surface area contributed by atoms with E-state index in [-0.39, 0.29) is 11.8 Å². The third-order valence-corrected chi connectivity index (χ3v) is 5.73. The summed E-state index contributed by atoms with van der Waals surface area (Å²) in [5, 5.41) is 3.07. The number of aromatic amines is 1. The van der Waals surface area contributed by atoms with Gasteiger partial charge < -0.3 is 15.2 Å². The molecule has 2 heterocycles. The van der Waals surface area contributed by atoms with Crippen molar-refractivity contribution in [2.45, 2.75) is 19.4 Å². The van der Waals surface area contributed by atoms with E-state index in [1.54, 1.807) is 0 Å². The Morgan fingerprint density at radius 1 is 1.15 bits per heavy atom. The van der Waals surface area contributed by atoms with E-state index in [1.165, 1.54) is 0 Å². The number of benzene rings is 2. The average Bonchev–Trinajstić information content (AvgIpc) is 3.11. The van der Waals surface area contributed by atoms with Crippen LogP contribution in [0.5, 0.6) is 0 Å². The fourth-order valence-electron chi connectivity index (χ4n) is 3.41. The molecule has 1 fully saturated rings. The number of nitrogens with one attached hydrogen (secondary N) is 2. The van der Waals surface area contributed by atoms with Crippen molar-refractivity contribution in [1.29, 1.82) is 0 Å². The molecule has 1 aliphatic rings. The summed E-state index contributed by atoms with van der Waals surface area (Å²) in [6, 6.07) is 16.0. The topological polar surface area (TPSA) is 61.0 Å². The summed E-state index contributed by atoms with van der Waals surface area (Å²) in [5.74, 6) is 1.11. The SMILES string of the molecule is O=C(NCc1ccccc1Br)C1CCN(c2nc3ccccc3[nH]2)CC1. The van der Waals surface area contributed by atoms with Crippen LogP contribution in [0.3, 0.4) is 0 Å². The normalized spacial score (nSPS) is 15.3. The molecule has 0 saturated carbocycles. The lowest BCUT2D eigenvalue weighted by molar-refractivity contribution is -0.125. The van der Waals surface area contributed by atoms with Gasteiger partial charge in [-0.05, 0) is 36.6 Å². The zero-order valence-corrected chi connectivity index (χ0v) is 16.0. The number of carbonyl (C=O) groups excluding carboxylic acids is 1. The van der Waals surface area contributed by atoms with Gasteiger partial charge in [0.2, 0.25) is 11.9 Å². The van der Waals surface area contributed by atoms with E-state index >= 15 is 0 Å². The van der Waals surface area contributed by atoms with Crippen molar-refractivity contribution in [2.75, 3.05) is 18.0 Å². The maximum atomic E-state index is 12.5. The third-order valence-electron chi connectivity index (χ3n) is 4.95. The van der Waals surface area contributed by atoms with Gasteiger partial charge in [-0.2, -0.15) is 0 Å². The molecule has 0 radical (unpaired) electrons. The van der Waals surface area contributed by atoms with Crippen LogP contribution >= 0.6 is 15.9 Å². The number of fused-ring (bicyclic) bond motifs is 1. The number of aromatic nitrogens is 2. The molecule has 2 N–H and O–H groups in total. The first-order valence-electron chi connectivity index (χ1n) is 8.91. The number of H-pyrrole nitrogens is 1. The number of carbonyl (C=O) groups is 1. The van der Waals surface area contributed by atoms with E-state index < -0.39 is 0 Å². The van der Waals surface area contributed by atoms with Crippen LogP contribution in [0.15, 0.2) is 53.0 Å². The van der Waals surface area contributed by atoms with Crippen molar-refractivity contribution in [3.05, 3.63) is 58.6 Å². The highest BCUT2D eigenvalue weighted by Gasteiger charge is 2.26. The molecule has 0 bridgehead atoms. The second-order valence-corrected chi connectivity index (χ2v) is 7.50. The van der Waals surface area contributed by atoms with E-state index in [4.69, 9.17) is 0 Å². The number of anilines is 1. The highest BCUT2D eigenvalue weighted by Crippen LogP contribution is 2.24. The lowest BCUT2D eigenvalue weighted by atomic mass is 9.96. The minimum atomic E-state index is 0.0677. The summed E-state index contributed by atoms with van der Waals surface area (Å²) >= 11 is 3.52. The summed E-state index contributed by atoms with van der Waals surface area (Å²) in [4.78, 5) is 22.8. The van der Waals surface area contributed by atoms with Crippen molar-refractivity contribution in [3.63, 3.8) is 0 Å². The molecule has 6 heteroatoms. The molecule has 0 spiro atoms. The first-order chi connectivity index (χ1) is 12.7. The molecule has 1 saturated heterocycles. The molecular formula is C20H21BrN4O. The average molecular weight is 413 g/mol. The molecule has 134 valence electrons. The van der Waals surface area contributed by atoms with Crippen LogP contribution in [0.1, 0.15) is 18.4 Å². The number of rotatable bonds is 4. The molecule has 0 unspecified atom stereocenters. The van der Waals surface area contributed by atoms with Crippen LogP contribution in [0, 0.1) is 5.92 Å². The largest absolute Gasteiger partial charge is 0.352 e. The van der Waals surface area contributed by atoms with Crippen LogP contribution < -0.4 is 10.2 Å². The molecule has 2 aromatic carbocycles. The van der Waals surface area contributed by atoms with Crippen LogP contribution in [-0.4, -0.2) is 29.0 Å². The van der Waals surface area contributed by atoms with Gasteiger partial charge in [0.15, 0.2) is 0 Å². The van der Waals surface area contributed by atoms with Crippen LogP contribution in [0.4, 0.5) is 5.95 Å². The quantitative estimate of drug-likeness (QED) is 0.683. The number of halogens is 1. The van der Waals surface area contributed by atoms with Crippen molar-refractivity contribution < 1.29 is 4.79 Å². The van der Waals surface area contributed by atoms with E-state index in [1.807, 2.05) is 48.5 Å². The smallest absolute Gasteiger partial charge is 0.223 e. The van der Waals surface area contributed by atoms with Crippen molar-refractivity contribution in [3.8, 4) is 0 Å². The van der Waals surface area contributed by atoms with E-state index in [0.29, 0.717) is 6.54 Å². The lowest BCUT2D eigenvalue weighted by Gasteiger charge is -2.31. The summed E-state index contributed by atoms with van der Waals surface area (Å²) in [5.41, 5.74) is 3.13. The molecule has 26 heavy (non-hydrogen) atoms. The minimum Gasteiger partial charge on any atom is -0.352 e. The van der Waals surface area contributed by atoms with E-state index in [9.17, 15) is 4.79 Å². The Morgan fingerprint density at radius 2 is 1.88 bits per heavy atom. The number of amides is 1. The number of hydrogen-bond acceptors (Lipinski definition) is 3. The van der Waals surface area contributed by atoms with Gasteiger partial charge in [-0.1, -0.05) is 46.3 Å². The Balaban J connectivity index is 1.33. The van der Waals surface area contributed by atoms with E-state index in [0.717, 1.165) is 52.9 Å². The zero-order valence-electron chi connectivity index (χ0n) is 14.4. The first kappa shape index (κ1) is 17.1. The van der Waals surface area contributed by atoms with Crippen molar-refractivity contribution in [1.82, 2.24) is 15.3 Å². The fourth-order valence-corrected chi connectivity index (χ4v) is 3.84. The molecule has 1 aliphatic heterocycles. The molecule has 4 rings (SSSR count). The number of nitrogens with zero attached hydrogens (tertiary/aromatic N) is 2. The first-order valence-corrected chi connectivity index (χ1v) is 9.71. The maximum absolute atomic E-state index is 12.5. The van der Waals surface area contributed by atoms with Gasteiger partial charge >= 0.3 is 0 Å². The summed E-state index contributed by atoms with van der Waals surface area (Å²) in [6.45, 7) is 2.24. The molecular weight excluding hydrogens is 392 g/mol. The van der Waals surface area contributed by atoms with Crippen LogP contribution in [0.25, 0.3) is 11.0 Å². The highest BCUT2D eigenvalue weighted by atomic mass is 79.9. The van der Waals surface area contributed by atoms with Gasteiger partial charge in [-0.25, -0.2) is 4.98 Å². The van der Waals surface area contributed by atoms with Gasteiger partial charge in [-0.15, -0.1) is 0 Å². The maximum Gasteiger partial charge on any atom is 0.223 e. The van der Waals surface area contributed by atoms with Crippen molar-refractivity contribution >= 4 is 38.8 Å². The lowest BCUT2D eigenvalue weighted by Crippen LogP contribution is -2.40. The van der Waals surface area contributed by atoms with Crippen LogP contribution in [-0.2, 0) is 11.3 Å². The predicted molar refractivity (Wildman–Crippen MR) is 107 cm³/mol. The number of hydrogen-bond donors (Lipinski definition) is 2. The van der Waals surface area contributed by atoms with Crippen molar-refractivity contribution in [2.24, 2.45) is 5.92 Å². The molecule has 3 aromatic rings. The standard InChI is InChI=1S/C20H21BrN4O/c21-16-6-2-1-5-15(16)13-22-19(26)14-9-11-25(12-10-14)20-23-17-7-3-4-8-18(17)24-20/h1-8,14H,9-13H2,(H,22,26)(H,23,24). The van der Waals surface area contributed by atoms with Gasteiger partial charge in [0, 0.05) is 30.0 Å². The molecule has 1 amide bonds. The Labute approximate surface area is 160 Å². The Bertz CT molecular complexity index is 882. The molecule has 5 nitrogen and oxygen atoms in total. The highest BCUT2D eigenvalue weighted by molar-refractivity contribution is 9.10. The summed E-state index contributed by atoms with van der Waals surface area (Å²) in [7, 11) is 0. The van der Waals surface area contributed by atoms with Gasteiger partial charge in [0.05, 0.1) is 11.0 Å². The Kier molecular flexibility index (Phi) is 4.93. The molecule has 0 atom stereocenters. The number of para-hydroxylation sites is 2. The predicted octanol–water partition coefficient (Wildman–Crippen LogP) is 3.86. The number of imidazole rings is 1. The van der Waals surface area contributed by atoms with E-state index in [2.05, 4.69) is 36.1 Å². The Morgan fingerprint density at radius 3 is 2.65 bits per heavy atom. The summed E-state index contributed by atoms with van der Waals surface area (Å²) < 4.78 is 1.03. The Hall–Kier alpha value is -2.34. The fraction of sp³-hybridized carbons (Fsp3) is 0.300. The zero-order chi connectivity index (χ0) is 17.9. The van der Waals surface area contributed by atoms with Gasteiger partial charge in [0.1, 0.15) is 0 Å². The molecule has 0 aliphatic carbocycles.